The fraction of sp³-hybridized carbons (Fsp3) is 0.385. The van der Waals surface area contributed by atoms with Crippen LogP contribution in [0, 0.1) is 0 Å². The van der Waals surface area contributed by atoms with E-state index in [1.165, 1.54) is 4.88 Å². The smallest absolute Gasteiger partial charge is 0.268 e. The lowest BCUT2D eigenvalue weighted by atomic mass is 10.1. The summed E-state index contributed by atoms with van der Waals surface area (Å²) in [6.45, 7) is 1.60. The Kier molecular flexibility index (Phi) is 3.15. The Hall–Kier alpha value is -1.62. The van der Waals surface area contributed by atoms with Gasteiger partial charge in [0.05, 0.1) is 11.4 Å². The number of aryl methyl sites for hydroxylation is 3. The van der Waals surface area contributed by atoms with Gasteiger partial charge >= 0.3 is 0 Å². The Morgan fingerprint density at radius 2 is 2.44 bits per heavy atom. The number of anilines is 1. The van der Waals surface area contributed by atoms with E-state index < -0.39 is 0 Å². The summed E-state index contributed by atoms with van der Waals surface area (Å²) in [6, 6.07) is 5.80. The van der Waals surface area contributed by atoms with Crippen LogP contribution in [0.25, 0.3) is 0 Å². The first-order valence-corrected chi connectivity index (χ1v) is 7.08. The van der Waals surface area contributed by atoms with Gasteiger partial charge in [-0.15, -0.1) is 11.3 Å². The van der Waals surface area contributed by atoms with Gasteiger partial charge in [-0.05, 0) is 24.3 Å². The summed E-state index contributed by atoms with van der Waals surface area (Å²) in [5.74, 6) is 0. The number of fused-ring (bicyclic) bond motifs is 1. The van der Waals surface area contributed by atoms with Crippen molar-refractivity contribution in [3.8, 4) is 0 Å². The summed E-state index contributed by atoms with van der Waals surface area (Å²) < 4.78 is 1.59. The van der Waals surface area contributed by atoms with E-state index >= 15 is 0 Å². The maximum Gasteiger partial charge on any atom is 0.268 e. The lowest BCUT2D eigenvalue weighted by Gasteiger charge is -2.17. The zero-order chi connectivity index (χ0) is 12.4. The summed E-state index contributed by atoms with van der Waals surface area (Å²) in [7, 11) is 0. The van der Waals surface area contributed by atoms with E-state index in [-0.39, 0.29) is 5.56 Å². The summed E-state index contributed by atoms with van der Waals surface area (Å²) in [5.41, 5.74) is 1.92. The van der Waals surface area contributed by atoms with Gasteiger partial charge in [-0.3, -0.25) is 4.79 Å². The highest BCUT2D eigenvalue weighted by Crippen LogP contribution is 2.16. The second kappa shape index (κ2) is 4.94. The average Bonchev–Trinajstić information content (AvgIpc) is 2.89. The Morgan fingerprint density at radius 1 is 1.50 bits per heavy atom. The van der Waals surface area contributed by atoms with Crippen molar-refractivity contribution in [3.63, 3.8) is 0 Å². The fourth-order valence-corrected chi connectivity index (χ4v) is 2.88. The summed E-state index contributed by atoms with van der Waals surface area (Å²) in [4.78, 5) is 13.2. The van der Waals surface area contributed by atoms with Gasteiger partial charge in [-0.25, -0.2) is 4.68 Å². The van der Waals surface area contributed by atoms with Crippen molar-refractivity contribution < 1.29 is 0 Å². The molecule has 0 saturated heterocycles. The molecule has 0 bridgehead atoms. The van der Waals surface area contributed by atoms with Crippen LogP contribution in [0.5, 0.6) is 0 Å². The Morgan fingerprint density at radius 3 is 3.28 bits per heavy atom. The molecule has 2 aromatic rings. The van der Waals surface area contributed by atoms with Crippen molar-refractivity contribution in [2.75, 3.05) is 11.9 Å². The Labute approximate surface area is 109 Å². The highest BCUT2D eigenvalue weighted by molar-refractivity contribution is 7.09. The van der Waals surface area contributed by atoms with Crippen LogP contribution in [0.3, 0.4) is 0 Å². The van der Waals surface area contributed by atoms with Crippen molar-refractivity contribution in [1.29, 1.82) is 0 Å². The average molecular weight is 261 g/mol. The number of hydrogen-bond donors (Lipinski definition) is 1. The molecule has 5 heteroatoms. The molecule has 0 atom stereocenters. The zero-order valence-electron chi connectivity index (χ0n) is 10.1. The van der Waals surface area contributed by atoms with Crippen molar-refractivity contribution in [1.82, 2.24) is 9.78 Å². The topological polar surface area (TPSA) is 46.9 Å². The van der Waals surface area contributed by atoms with Gasteiger partial charge in [-0.2, -0.15) is 5.10 Å². The third-order valence-electron chi connectivity index (χ3n) is 3.13. The minimum atomic E-state index is -0.0142. The van der Waals surface area contributed by atoms with Gasteiger partial charge in [0.25, 0.3) is 5.56 Å². The molecule has 0 aromatic carbocycles. The van der Waals surface area contributed by atoms with E-state index in [9.17, 15) is 4.79 Å². The number of rotatable bonds is 3. The predicted octanol–water partition coefficient (Wildman–Crippen LogP) is 1.91. The largest absolute Gasteiger partial charge is 0.383 e. The molecule has 2 aromatic heterocycles. The van der Waals surface area contributed by atoms with E-state index in [4.69, 9.17) is 0 Å². The number of nitrogens with one attached hydrogen (secondary N) is 1. The molecule has 0 fully saturated rings. The highest BCUT2D eigenvalue weighted by atomic mass is 32.1. The van der Waals surface area contributed by atoms with Gasteiger partial charge in [-0.1, -0.05) is 6.07 Å². The quantitative estimate of drug-likeness (QED) is 0.918. The second-order valence-corrected chi connectivity index (χ2v) is 5.46. The molecule has 4 nitrogen and oxygen atoms in total. The van der Waals surface area contributed by atoms with Gasteiger partial charge < -0.3 is 5.32 Å². The van der Waals surface area contributed by atoms with Crippen LogP contribution < -0.4 is 10.9 Å². The van der Waals surface area contributed by atoms with Crippen LogP contribution in [0.4, 0.5) is 5.69 Å². The van der Waals surface area contributed by atoms with E-state index in [2.05, 4.69) is 21.9 Å². The van der Waals surface area contributed by atoms with Gasteiger partial charge in [0.15, 0.2) is 0 Å². The van der Waals surface area contributed by atoms with Crippen molar-refractivity contribution in [2.24, 2.45) is 0 Å². The van der Waals surface area contributed by atoms with Gasteiger partial charge in [0.2, 0.25) is 0 Å². The number of aromatic nitrogens is 2. The molecule has 0 saturated carbocycles. The lowest BCUT2D eigenvalue weighted by molar-refractivity contribution is 0.561. The molecule has 1 N–H and O–H groups in total. The summed E-state index contributed by atoms with van der Waals surface area (Å²) in [5, 5.41) is 9.74. The molecule has 0 aliphatic carbocycles. The second-order valence-electron chi connectivity index (χ2n) is 4.43. The molecule has 1 aliphatic heterocycles. The zero-order valence-corrected chi connectivity index (χ0v) is 10.9. The third-order valence-corrected chi connectivity index (χ3v) is 4.07. The van der Waals surface area contributed by atoms with Crippen LogP contribution in [-0.4, -0.2) is 16.3 Å². The van der Waals surface area contributed by atoms with E-state index in [0.717, 1.165) is 37.2 Å². The van der Waals surface area contributed by atoms with Crippen LogP contribution in [0.1, 0.15) is 17.0 Å². The molecule has 18 heavy (non-hydrogen) atoms. The van der Waals surface area contributed by atoms with E-state index in [1.54, 1.807) is 22.1 Å². The fourth-order valence-electron chi connectivity index (χ4n) is 2.18. The molecule has 3 rings (SSSR count). The maximum absolute atomic E-state index is 11.9. The monoisotopic (exact) mass is 261 g/mol. The van der Waals surface area contributed by atoms with Crippen LogP contribution in [-0.2, 0) is 19.4 Å². The number of nitrogens with zero attached hydrogens (tertiary/aromatic N) is 2. The Balaban J connectivity index is 1.81. The molecular formula is C13H15N3OS. The maximum atomic E-state index is 11.9. The van der Waals surface area contributed by atoms with Crippen LogP contribution >= 0.6 is 11.3 Å². The van der Waals surface area contributed by atoms with Crippen molar-refractivity contribution in [3.05, 3.63) is 44.5 Å². The lowest BCUT2D eigenvalue weighted by Crippen LogP contribution is -2.27. The van der Waals surface area contributed by atoms with Crippen molar-refractivity contribution in [2.45, 2.75) is 25.8 Å². The molecule has 3 heterocycles. The normalized spacial score (nSPS) is 14.0. The van der Waals surface area contributed by atoms with Gasteiger partial charge in [0.1, 0.15) is 0 Å². The third kappa shape index (κ3) is 2.31. The van der Waals surface area contributed by atoms with Crippen molar-refractivity contribution >= 4 is 17.0 Å². The SMILES string of the molecule is O=c1cc2c(nn1CCc1cccs1)CCCN2. The standard InChI is InChI=1S/C13H15N3OS/c17-13-9-12-11(4-1-6-14-12)15-16(13)7-5-10-3-2-8-18-10/h2-3,8-9,14H,1,4-7H2. The van der Waals surface area contributed by atoms with Gasteiger partial charge in [0, 0.05) is 30.5 Å². The minimum absolute atomic E-state index is 0.0142. The van der Waals surface area contributed by atoms with Crippen LogP contribution in [0.15, 0.2) is 28.4 Å². The predicted molar refractivity (Wildman–Crippen MR) is 73.3 cm³/mol. The molecule has 0 radical (unpaired) electrons. The molecule has 0 amide bonds. The first-order valence-electron chi connectivity index (χ1n) is 6.20. The minimum Gasteiger partial charge on any atom is -0.383 e. The number of thiophene rings is 1. The molecule has 1 aliphatic rings. The van der Waals surface area contributed by atoms with E-state index in [1.807, 2.05) is 6.07 Å². The number of hydrogen-bond acceptors (Lipinski definition) is 4. The summed E-state index contributed by atoms with van der Waals surface area (Å²) >= 11 is 1.72. The molecule has 0 spiro atoms. The molecule has 94 valence electrons. The van der Waals surface area contributed by atoms with E-state index in [0.29, 0.717) is 6.54 Å². The molecule has 0 unspecified atom stereocenters. The molecular weight excluding hydrogens is 246 g/mol. The summed E-state index contributed by atoms with van der Waals surface area (Å²) in [6.07, 6.45) is 2.92. The first kappa shape index (κ1) is 11.5. The Bertz CT molecular complexity index is 589. The van der Waals surface area contributed by atoms with Crippen LogP contribution in [0.2, 0.25) is 0 Å². The highest BCUT2D eigenvalue weighted by Gasteiger charge is 2.12. The first-order chi connectivity index (χ1) is 8.83.